The minimum Gasteiger partial charge on any atom is -0.387 e. The Bertz CT molecular complexity index is 592. The van der Waals surface area contributed by atoms with Gasteiger partial charge in [0.05, 0.1) is 0 Å². The van der Waals surface area contributed by atoms with E-state index in [1.807, 2.05) is 12.2 Å². The van der Waals surface area contributed by atoms with E-state index in [1.54, 1.807) is 13.8 Å². The fourth-order valence-corrected chi connectivity index (χ4v) is 3.62. The molecule has 2 fully saturated rings. The van der Waals surface area contributed by atoms with Crippen LogP contribution in [0.2, 0.25) is 0 Å². The number of rotatable bonds is 8. The molecule has 5 atom stereocenters. The zero-order valence-electron chi connectivity index (χ0n) is 18.1. The Hall–Kier alpha value is -1.48. The van der Waals surface area contributed by atoms with Crippen LogP contribution in [0.25, 0.3) is 0 Å². The summed E-state index contributed by atoms with van der Waals surface area (Å²) in [6, 6.07) is -0.631. The van der Waals surface area contributed by atoms with Crippen LogP contribution in [0.15, 0.2) is 12.2 Å². The molecule has 29 heavy (non-hydrogen) atoms. The highest BCUT2D eigenvalue weighted by Gasteiger charge is 2.47. The molecular weight excluding hydrogens is 376 g/mol. The molecule has 0 spiro atoms. The second-order valence-electron chi connectivity index (χ2n) is 8.62. The number of ether oxygens (including phenoxy) is 3. The second kappa shape index (κ2) is 10.5. The molecule has 0 aromatic heterocycles. The fourth-order valence-electron chi connectivity index (χ4n) is 3.62. The van der Waals surface area contributed by atoms with Gasteiger partial charge in [-0.25, -0.2) is 0 Å². The number of hydrogen-bond donors (Lipinski definition) is 3. The monoisotopic (exact) mass is 412 g/mol. The summed E-state index contributed by atoms with van der Waals surface area (Å²) in [5, 5.41) is 16.4. The average Bonchev–Trinajstić information content (AvgIpc) is 2.80. The molecule has 2 amide bonds. The highest BCUT2D eigenvalue weighted by Crippen LogP contribution is 2.32. The van der Waals surface area contributed by atoms with Gasteiger partial charge in [0.2, 0.25) is 5.91 Å². The topological polar surface area (TPSA) is 106 Å². The molecule has 0 aliphatic carbocycles. The van der Waals surface area contributed by atoms with Crippen molar-refractivity contribution >= 4 is 11.8 Å². The molecule has 2 heterocycles. The Morgan fingerprint density at radius 3 is 2.76 bits per heavy atom. The van der Waals surface area contributed by atoms with Crippen molar-refractivity contribution in [2.75, 3.05) is 13.7 Å². The lowest BCUT2D eigenvalue weighted by Crippen LogP contribution is -2.55. The lowest BCUT2D eigenvalue weighted by Gasteiger charge is -2.28. The van der Waals surface area contributed by atoms with Crippen molar-refractivity contribution in [3.63, 3.8) is 0 Å². The number of amides is 2. The van der Waals surface area contributed by atoms with Gasteiger partial charge in [0.15, 0.2) is 11.9 Å². The van der Waals surface area contributed by atoms with Crippen LogP contribution in [0, 0.1) is 5.92 Å². The highest BCUT2D eigenvalue weighted by atomic mass is 16.8. The number of aliphatic hydroxyl groups excluding tert-OH is 1. The minimum atomic E-state index is -1.26. The van der Waals surface area contributed by atoms with Gasteiger partial charge in [-0.3, -0.25) is 9.59 Å². The molecule has 0 aromatic carbocycles. The summed E-state index contributed by atoms with van der Waals surface area (Å²) in [6.07, 6.45) is 3.27. The van der Waals surface area contributed by atoms with Gasteiger partial charge in [0.25, 0.3) is 5.91 Å². The summed E-state index contributed by atoms with van der Waals surface area (Å²) < 4.78 is 17.1. The average molecular weight is 413 g/mol. The van der Waals surface area contributed by atoms with Crippen molar-refractivity contribution in [1.82, 2.24) is 10.6 Å². The number of methoxy groups -OCH3 is 1. The molecule has 2 rings (SSSR count). The van der Waals surface area contributed by atoms with Crippen molar-refractivity contribution in [1.29, 1.82) is 0 Å². The fraction of sp³-hybridized carbons (Fsp3) is 0.810. The number of hydrogen-bond acceptors (Lipinski definition) is 6. The van der Waals surface area contributed by atoms with E-state index in [1.165, 1.54) is 7.11 Å². The van der Waals surface area contributed by atoms with Crippen LogP contribution in [-0.4, -0.2) is 66.8 Å². The maximum atomic E-state index is 12.8. The van der Waals surface area contributed by atoms with Crippen LogP contribution >= 0.6 is 0 Å². The second-order valence-corrected chi connectivity index (χ2v) is 8.62. The van der Waals surface area contributed by atoms with Crippen LogP contribution in [0.1, 0.15) is 53.4 Å². The molecule has 0 saturated carbocycles. The van der Waals surface area contributed by atoms with Gasteiger partial charge in [-0.05, 0) is 45.4 Å². The Morgan fingerprint density at radius 2 is 2.10 bits per heavy atom. The summed E-state index contributed by atoms with van der Waals surface area (Å²) in [5.74, 6) is -1.15. The molecule has 0 bridgehead atoms. The molecule has 3 N–H and O–H groups in total. The third-order valence-electron chi connectivity index (χ3n) is 5.11. The van der Waals surface area contributed by atoms with Crippen LogP contribution in [0.3, 0.4) is 0 Å². The van der Waals surface area contributed by atoms with Gasteiger partial charge < -0.3 is 30.0 Å². The smallest absolute Gasteiger partial charge is 0.252 e. The van der Waals surface area contributed by atoms with Crippen LogP contribution in [0.5, 0.6) is 0 Å². The highest BCUT2D eigenvalue weighted by molar-refractivity contribution is 5.89. The van der Waals surface area contributed by atoms with Crippen molar-refractivity contribution < 1.29 is 28.9 Å². The van der Waals surface area contributed by atoms with Gasteiger partial charge in [-0.1, -0.05) is 26.0 Å². The number of aliphatic hydroxyl groups is 1. The molecule has 2 aliphatic rings. The molecule has 0 unspecified atom stereocenters. The first kappa shape index (κ1) is 23.8. The predicted octanol–water partition coefficient (Wildman–Crippen LogP) is 1.27. The molecule has 2 saturated heterocycles. The number of nitrogens with one attached hydrogen (secondary N) is 2. The van der Waals surface area contributed by atoms with E-state index in [0.717, 1.165) is 19.3 Å². The largest absolute Gasteiger partial charge is 0.387 e. The number of carbonyl (C=O) groups excluding carboxylic acids is 2. The zero-order chi connectivity index (χ0) is 21.6. The van der Waals surface area contributed by atoms with Crippen molar-refractivity contribution in [2.45, 2.75) is 89.6 Å². The molecule has 2 aliphatic heterocycles. The first-order valence-corrected chi connectivity index (χ1v) is 10.5. The van der Waals surface area contributed by atoms with E-state index in [0.29, 0.717) is 18.9 Å². The minimum absolute atomic E-state index is 0.212. The summed E-state index contributed by atoms with van der Waals surface area (Å²) in [6.45, 7) is 8.36. The van der Waals surface area contributed by atoms with E-state index < -0.39 is 42.2 Å². The predicted molar refractivity (Wildman–Crippen MR) is 108 cm³/mol. The van der Waals surface area contributed by atoms with Gasteiger partial charge >= 0.3 is 0 Å². The normalized spacial score (nSPS) is 29.5. The van der Waals surface area contributed by atoms with Gasteiger partial charge in [-0.15, -0.1) is 0 Å². The molecule has 0 radical (unpaired) electrons. The van der Waals surface area contributed by atoms with Gasteiger partial charge in [0.1, 0.15) is 24.4 Å². The third-order valence-corrected chi connectivity index (χ3v) is 5.11. The van der Waals surface area contributed by atoms with Crippen molar-refractivity contribution in [3.05, 3.63) is 12.2 Å². The van der Waals surface area contributed by atoms with E-state index in [9.17, 15) is 14.7 Å². The Morgan fingerprint density at radius 1 is 1.38 bits per heavy atom. The molecule has 166 valence electrons. The maximum Gasteiger partial charge on any atom is 0.252 e. The van der Waals surface area contributed by atoms with E-state index in [-0.39, 0.29) is 5.91 Å². The maximum absolute atomic E-state index is 12.8. The molecule has 0 aromatic rings. The lowest BCUT2D eigenvalue weighted by atomic mass is 10.0. The van der Waals surface area contributed by atoms with Gasteiger partial charge in [-0.2, -0.15) is 0 Å². The van der Waals surface area contributed by atoms with Crippen molar-refractivity contribution in [3.8, 4) is 0 Å². The Kier molecular flexibility index (Phi) is 8.63. The van der Waals surface area contributed by atoms with E-state index in [4.69, 9.17) is 14.2 Å². The van der Waals surface area contributed by atoms with Crippen LogP contribution in [0.4, 0.5) is 0 Å². The van der Waals surface area contributed by atoms with E-state index in [2.05, 4.69) is 24.5 Å². The third kappa shape index (κ3) is 6.77. The van der Waals surface area contributed by atoms with Gasteiger partial charge in [0, 0.05) is 13.7 Å². The number of carbonyl (C=O) groups is 2. The van der Waals surface area contributed by atoms with E-state index >= 15 is 0 Å². The van der Waals surface area contributed by atoms with Crippen molar-refractivity contribution in [2.24, 2.45) is 5.92 Å². The zero-order valence-corrected chi connectivity index (χ0v) is 18.1. The van der Waals surface area contributed by atoms with Crippen LogP contribution < -0.4 is 10.6 Å². The quantitative estimate of drug-likeness (QED) is 0.519. The first-order valence-electron chi connectivity index (χ1n) is 10.5. The number of allylic oxidation sites excluding steroid dienone is 1. The molecule has 8 heteroatoms. The summed E-state index contributed by atoms with van der Waals surface area (Å²) >= 11 is 0. The Balaban J connectivity index is 2.08. The standard InChI is InChI=1S/C21H36N2O6/c1-13(2)9-8-11-15-17(29-21(3,4)28-15)16(24)18(27-5)20(26)23-14-10-6-7-12-22-19(14)25/h8,11,13-18,24H,6-7,9-10,12H2,1-5H3,(H,22,25)(H,23,26)/b11-8+/t14-,15+,16+,17-,18+/m0/s1. The summed E-state index contributed by atoms with van der Waals surface area (Å²) in [4.78, 5) is 24.9. The summed E-state index contributed by atoms with van der Waals surface area (Å²) in [7, 11) is 1.35. The van der Waals surface area contributed by atoms with Crippen LogP contribution in [-0.2, 0) is 23.8 Å². The lowest BCUT2D eigenvalue weighted by molar-refractivity contribution is -0.169. The summed E-state index contributed by atoms with van der Waals surface area (Å²) in [5.41, 5.74) is 0. The molecular formula is C21H36N2O6. The molecule has 8 nitrogen and oxygen atoms in total. The SMILES string of the molecule is CO[C@@H](C(=O)N[C@H]1CCCCNC1=O)[C@H](O)[C@H]1OC(C)(C)O[C@@H]1/C=C/CC(C)C. The Labute approximate surface area is 173 Å². The first-order chi connectivity index (χ1) is 13.6.